The van der Waals surface area contributed by atoms with Gasteiger partial charge in [-0.3, -0.25) is 0 Å². The molecule has 0 aromatic rings. The van der Waals surface area contributed by atoms with Crippen molar-refractivity contribution >= 4 is 0 Å². The molecule has 0 spiro atoms. The first-order valence-corrected chi connectivity index (χ1v) is 4.65. The lowest BCUT2D eigenvalue weighted by Gasteiger charge is -2.02. The first-order valence-electron chi connectivity index (χ1n) is 4.65. The van der Waals surface area contributed by atoms with Crippen molar-refractivity contribution in [3.63, 3.8) is 0 Å². The van der Waals surface area contributed by atoms with Crippen LogP contribution in [0.5, 0.6) is 0 Å². The molecule has 1 rings (SSSR count). The molecular weight excluding hydrogens is 196 g/mol. The van der Waals surface area contributed by atoms with Gasteiger partial charge >= 0.3 is 6.18 Å². The maximum atomic E-state index is 12.6. The van der Waals surface area contributed by atoms with E-state index in [0.717, 1.165) is 12.5 Å². The van der Waals surface area contributed by atoms with Gasteiger partial charge < -0.3 is 0 Å². The fourth-order valence-electron chi connectivity index (χ4n) is 2.15. The van der Waals surface area contributed by atoms with Gasteiger partial charge in [0.15, 0.2) is 5.83 Å². The van der Waals surface area contributed by atoms with Crippen LogP contribution in [0.4, 0.5) is 17.6 Å². The fourth-order valence-corrected chi connectivity index (χ4v) is 2.15. The van der Waals surface area contributed by atoms with Crippen molar-refractivity contribution in [1.82, 2.24) is 0 Å². The van der Waals surface area contributed by atoms with E-state index in [4.69, 9.17) is 0 Å². The highest BCUT2D eigenvalue weighted by Crippen LogP contribution is 2.61. The summed E-state index contributed by atoms with van der Waals surface area (Å²) in [5.41, 5.74) is -0.183. The lowest BCUT2D eigenvalue weighted by molar-refractivity contribution is -0.109. The van der Waals surface area contributed by atoms with Gasteiger partial charge in [0.05, 0.1) is 0 Å². The molecule has 2 unspecified atom stereocenters. The summed E-state index contributed by atoms with van der Waals surface area (Å²) in [6.07, 6.45) is -3.30. The Hall–Kier alpha value is -0.540. The third kappa shape index (κ3) is 1.93. The second-order valence-electron chi connectivity index (χ2n) is 4.37. The molecule has 1 aliphatic carbocycles. The van der Waals surface area contributed by atoms with E-state index in [2.05, 4.69) is 0 Å². The highest BCUT2D eigenvalue weighted by atomic mass is 19.4. The lowest BCUT2D eigenvalue weighted by Crippen LogP contribution is -2.08. The zero-order valence-corrected chi connectivity index (χ0v) is 8.45. The van der Waals surface area contributed by atoms with Crippen molar-refractivity contribution in [2.45, 2.75) is 33.4 Å². The molecule has 0 nitrogen and oxygen atoms in total. The molecule has 1 saturated carbocycles. The number of rotatable bonds is 2. The Morgan fingerprint density at radius 2 is 1.86 bits per heavy atom. The van der Waals surface area contributed by atoms with Crippen LogP contribution in [0.25, 0.3) is 0 Å². The van der Waals surface area contributed by atoms with E-state index in [9.17, 15) is 17.6 Å². The van der Waals surface area contributed by atoms with Gasteiger partial charge in [-0.15, -0.1) is 0 Å². The highest BCUT2D eigenvalue weighted by Gasteiger charge is 2.56. The summed E-state index contributed by atoms with van der Waals surface area (Å²) in [6, 6.07) is 0. The average molecular weight is 210 g/mol. The molecular formula is C10H14F4. The van der Waals surface area contributed by atoms with Crippen LogP contribution in [0.2, 0.25) is 0 Å². The molecule has 0 radical (unpaired) electrons. The Balaban J connectivity index is 2.72. The van der Waals surface area contributed by atoms with Crippen LogP contribution in [0.1, 0.15) is 27.2 Å². The molecule has 0 heterocycles. The van der Waals surface area contributed by atoms with Crippen LogP contribution >= 0.6 is 0 Å². The summed E-state index contributed by atoms with van der Waals surface area (Å²) in [7, 11) is 0. The summed E-state index contributed by atoms with van der Waals surface area (Å²) in [5, 5.41) is 0. The highest BCUT2D eigenvalue weighted by molar-refractivity contribution is 5.17. The number of allylic oxidation sites excluding steroid dienone is 2. The number of hydrogen-bond donors (Lipinski definition) is 0. The summed E-state index contributed by atoms with van der Waals surface area (Å²) in [4.78, 5) is 0. The van der Waals surface area contributed by atoms with E-state index >= 15 is 0 Å². The number of alkyl halides is 3. The lowest BCUT2D eigenvalue weighted by atomic mass is 10.1. The van der Waals surface area contributed by atoms with Crippen molar-refractivity contribution in [3.05, 3.63) is 11.9 Å². The molecule has 0 amide bonds. The van der Waals surface area contributed by atoms with Crippen LogP contribution in [0.3, 0.4) is 0 Å². The SMILES string of the molecule is CCC1C(/C=C(\F)C(F)(F)F)C1(C)C. The van der Waals surface area contributed by atoms with E-state index in [1.165, 1.54) is 0 Å². The summed E-state index contributed by atoms with van der Waals surface area (Å²) in [6.45, 7) is 5.64. The van der Waals surface area contributed by atoms with Crippen molar-refractivity contribution in [1.29, 1.82) is 0 Å². The Bertz CT molecular complexity index is 249. The van der Waals surface area contributed by atoms with Crippen LogP contribution in [-0.2, 0) is 0 Å². The van der Waals surface area contributed by atoms with Crippen molar-refractivity contribution in [2.24, 2.45) is 17.3 Å². The summed E-state index contributed by atoms with van der Waals surface area (Å²) in [5.74, 6) is -2.05. The fraction of sp³-hybridized carbons (Fsp3) is 0.800. The van der Waals surface area contributed by atoms with Gasteiger partial charge in [0.25, 0.3) is 0 Å². The average Bonchev–Trinajstić information content (AvgIpc) is 2.51. The minimum atomic E-state index is -4.82. The van der Waals surface area contributed by atoms with Gasteiger partial charge in [-0.05, 0) is 23.3 Å². The third-order valence-electron chi connectivity index (χ3n) is 3.18. The standard InChI is InChI=1S/C10H14F4/c1-4-6-7(9(6,2)3)5-8(11)10(12,13)14/h5-7H,4H2,1-3H3/b8-5-. The van der Waals surface area contributed by atoms with E-state index in [1.54, 1.807) is 0 Å². The van der Waals surface area contributed by atoms with Crippen LogP contribution in [-0.4, -0.2) is 6.18 Å². The molecule has 0 aromatic heterocycles. The van der Waals surface area contributed by atoms with Crippen LogP contribution in [0, 0.1) is 17.3 Å². The minimum absolute atomic E-state index is 0.176. The van der Waals surface area contributed by atoms with Crippen molar-refractivity contribution < 1.29 is 17.6 Å². The summed E-state index contributed by atoms with van der Waals surface area (Å²) < 4.78 is 48.2. The maximum absolute atomic E-state index is 12.6. The van der Waals surface area contributed by atoms with E-state index in [0.29, 0.717) is 0 Å². The topological polar surface area (TPSA) is 0 Å². The zero-order chi connectivity index (χ0) is 11.1. The number of hydrogen-bond acceptors (Lipinski definition) is 0. The number of halogens is 4. The predicted molar refractivity (Wildman–Crippen MR) is 46.3 cm³/mol. The molecule has 0 bridgehead atoms. The third-order valence-corrected chi connectivity index (χ3v) is 3.18. The smallest absolute Gasteiger partial charge is 0.202 e. The first-order chi connectivity index (χ1) is 6.21. The van der Waals surface area contributed by atoms with E-state index in [-0.39, 0.29) is 17.3 Å². The molecule has 1 fully saturated rings. The van der Waals surface area contributed by atoms with Crippen LogP contribution in [0.15, 0.2) is 11.9 Å². The van der Waals surface area contributed by atoms with Gasteiger partial charge in [-0.25, -0.2) is 4.39 Å². The largest absolute Gasteiger partial charge is 0.442 e. The second kappa shape index (κ2) is 3.24. The molecule has 0 aromatic carbocycles. The Morgan fingerprint density at radius 3 is 2.14 bits per heavy atom. The van der Waals surface area contributed by atoms with Gasteiger partial charge in [0.2, 0.25) is 0 Å². The summed E-state index contributed by atoms with van der Waals surface area (Å²) >= 11 is 0. The molecule has 2 atom stereocenters. The first kappa shape index (κ1) is 11.5. The normalized spacial score (nSPS) is 31.8. The Kier molecular flexibility index (Phi) is 2.67. The molecule has 4 heteroatoms. The molecule has 14 heavy (non-hydrogen) atoms. The molecule has 0 N–H and O–H groups in total. The van der Waals surface area contributed by atoms with E-state index in [1.807, 2.05) is 20.8 Å². The van der Waals surface area contributed by atoms with Gasteiger partial charge in [0, 0.05) is 0 Å². The molecule has 82 valence electrons. The molecule has 1 aliphatic rings. The monoisotopic (exact) mass is 210 g/mol. The van der Waals surface area contributed by atoms with Crippen LogP contribution < -0.4 is 0 Å². The second-order valence-corrected chi connectivity index (χ2v) is 4.37. The molecule has 0 aliphatic heterocycles. The quantitative estimate of drug-likeness (QED) is 0.602. The predicted octanol–water partition coefficient (Wildman–Crippen LogP) is 4.08. The van der Waals surface area contributed by atoms with Crippen molar-refractivity contribution in [3.8, 4) is 0 Å². The van der Waals surface area contributed by atoms with Gasteiger partial charge in [-0.2, -0.15) is 13.2 Å². The van der Waals surface area contributed by atoms with Gasteiger partial charge in [-0.1, -0.05) is 27.2 Å². The Labute approximate surface area is 81.0 Å². The zero-order valence-electron chi connectivity index (χ0n) is 8.45. The minimum Gasteiger partial charge on any atom is -0.202 e. The van der Waals surface area contributed by atoms with Gasteiger partial charge in [0.1, 0.15) is 0 Å². The van der Waals surface area contributed by atoms with Crippen molar-refractivity contribution in [2.75, 3.05) is 0 Å². The maximum Gasteiger partial charge on any atom is 0.442 e. The molecule has 0 saturated heterocycles. The van der Waals surface area contributed by atoms with E-state index < -0.39 is 12.0 Å². The Morgan fingerprint density at radius 1 is 1.36 bits per heavy atom.